The normalized spacial score (nSPS) is 24.6. The molecule has 2 unspecified atom stereocenters. The minimum absolute atomic E-state index is 0.0907. The Morgan fingerprint density at radius 3 is 3.00 bits per heavy atom. The number of hydrogen-bond donors (Lipinski definition) is 2. The summed E-state index contributed by atoms with van der Waals surface area (Å²) in [6.45, 7) is 5.69. The molecule has 1 aliphatic heterocycles. The molecule has 1 aromatic heterocycles. The van der Waals surface area contributed by atoms with Gasteiger partial charge in [-0.2, -0.15) is 0 Å². The van der Waals surface area contributed by atoms with Crippen LogP contribution in [0.1, 0.15) is 26.7 Å². The summed E-state index contributed by atoms with van der Waals surface area (Å²) in [5.41, 5.74) is -0.120. The quantitative estimate of drug-likeness (QED) is 0.894. The van der Waals surface area contributed by atoms with Gasteiger partial charge in [0, 0.05) is 24.8 Å². The minimum Gasteiger partial charge on any atom is -0.396 e. The highest BCUT2D eigenvalue weighted by atomic mass is 35.5. The zero-order valence-electron chi connectivity index (χ0n) is 12.5. The maximum atomic E-state index is 12.3. The lowest BCUT2D eigenvalue weighted by Crippen LogP contribution is -2.51. The molecule has 1 aliphatic rings. The van der Waals surface area contributed by atoms with E-state index >= 15 is 0 Å². The standard InChI is InChI=1S/C15H22ClN3O2/c1-11(19-7-3-6-15(2,9-19)10-20)14(21)18-13-5-4-12(16)8-17-13/h4-5,8,11,20H,3,6-7,9-10H2,1-2H3,(H,17,18,21). The molecule has 0 aromatic carbocycles. The number of aromatic nitrogens is 1. The SMILES string of the molecule is CC(C(=O)Nc1ccc(Cl)cn1)N1CCCC(C)(CO)C1. The number of piperidine rings is 1. The highest BCUT2D eigenvalue weighted by Crippen LogP contribution is 2.29. The van der Waals surface area contributed by atoms with E-state index in [2.05, 4.69) is 22.1 Å². The van der Waals surface area contributed by atoms with Crippen molar-refractivity contribution in [1.82, 2.24) is 9.88 Å². The number of likely N-dealkylation sites (tertiary alicyclic amines) is 1. The first-order valence-corrected chi connectivity index (χ1v) is 7.59. The summed E-state index contributed by atoms with van der Waals surface area (Å²) in [5.74, 6) is 0.408. The molecule has 1 aromatic rings. The zero-order chi connectivity index (χ0) is 15.5. The van der Waals surface area contributed by atoms with Crippen LogP contribution in [0.4, 0.5) is 5.82 Å². The molecule has 116 valence electrons. The Kier molecular flexibility index (Phi) is 5.19. The molecule has 1 amide bonds. The third kappa shape index (κ3) is 4.15. The molecule has 6 heteroatoms. The van der Waals surface area contributed by atoms with Crippen LogP contribution in [0.3, 0.4) is 0 Å². The Balaban J connectivity index is 1.97. The first-order valence-electron chi connectivity index (χ1n) is 7.21. The summed E-state index contributed by atoms with van der Waals surface area (Å²) < 4.78 is 0. The van der Waals surface area contributed by atoms with E-state index in [1.807, 2.05) is 6.92 Å². The molecule has 2 heterocycles. The fourth-order valence-electron chi connectivity index (χ4n) is 2.66. The molecule has 1 fully saturated rings. The van der Waals surface area contributed by atoms with Crippen LogP contribution in [-0.2, 0) is 4.79 Å². The number of nitrogens with zero attached hydrogens (tertiary/aromatic N) is 2. The summed E-state index contributed by atoms with van der Waals surface area (Å²) in [6, 6.07) is 3.12. The highest BCUT2D eigenvalue weighted by Gasteiger charge is 2.34. The molecule has 0 radical (unpaired) electrons. The van der Waals surface area contributed by atoms with Gasteiger partial charge in [0.15, 0.2) is 0 Å². The van der Waals surface area contributed by atoms with E-state index in [4.69, 9.17) is 11.6 Å². The first kappa shape index (κ1) is 16.2. The van der Waals surface area contributed by atoms with Gasteiger partial charge in [0.1, 0.15) is 5.82 Å². The van der Waals surface area contributed by atoms with Crippen molar-refractivity contribution in [2.75, 3.05) is 25.0 Å². The number of pyridine rings is 1. The van der Waals surface area contributed by atoms with Crippen molar-refractivity contribution in [2.24, 2.45) is 5.41 Å². The topological polar surface area (TPSA) is 65.5 Å². The Morgan fingerprint density at radius 1 is 1.62 bits per heavy atom. The number of aliphatic hydroxyl groups is 1. The largest absolute Gasteiger partial charge is 0.396 e. The predicted molar refractivity (Wildman–Crippen MR) is 83.3 cm³/mol. The molecule has 2 atom stereocenters. The second-order valence-electron chi connectivity index (χ2n) is 6.07. The molecule has 0 bridgehead atoms. The lowest BCUT2D eigenvalue weighted by atomic mass is 9.82. The van der Waals surface area contributed by atoms with E-state index in [-0.39, 0.29) is 24.0 Å². The van der Waals surface area contributed by atoms with Crippen LogP contribution < -0.4 is 5.32 Å². The third-order valence-corrected chi connectivity index (χ3v) is 4.32. The summed E-state index contributed by atoms with van der Waals surface area (Å²) in [6.07, 6.45) is 3.49. The van der Waals surface area contributed by atoms with Crippen molar-refractivity contribution in [1.29, 1.82) is 0 Å². The van der Waals surface area contributed by atoms with Gasteiger partial charge >= 0.3 is 0 Å². The van der Waals surface area contributed by atoms with Crippen LogP contribution in [0.25, 0.3) is 0 Å². The number of aliphatic hydroxyl groups excluding tert-OH is 1. The Labute approximate surface area is 130 Å². The third-order valence-electron chi connectivity index (χ3n) is 4.10. The molecule has 0 saturated carbocycles. The minimum atomic E-state index is -0.256. The van der Waals surface area contributed by atoms with Gasteiger partial charge in [-0.15, -0.1) is 0 Å². The number of amides is 1. The fourth-order valence-corrected chi connectivity index (χ4v) is 2.78. The van der Waals surface area contributed by atoms with Crippen LogP contribution in [0.5, 0.6) is 0 Å². The maximum absolute atomic E-state index is 12.3. The average molecular weight is 312 g/mol. The molecule has 2 rings (SSSR count). The van der Waals surface area contributed by atoms with Crippen LogP contribution in [0.15, 0.2) is 18.3 Å². The van der Waals surface area contributed by atoms with Crippen molar-refractivity contribution in [3.8, 4) is 0 Å². The molecule has 21 heavy (non-hydrogen) atoms. The van der Waals surface area contributed by atoms with Gasteiger partial charge in [-0.25, -0.2) is 4.98 Å². The second kappa shape index (κ2) is 6.73. The van der Waals surface area contributed by atoms with Crippen molar-refractivity contribution >= 4 is 23.3 Å². The Bertz CT molecular complexity index is 494. The lowest BCUT2D eigenvalue weighted by molar-refractivity contribution is -0.122. The van der Waals surface area contributed by atoms with Gasteiger partial charge in [-0.3, -0.25) is 9.69 Å². The summed E-state index contributed by atoms with van der Waals surface area (Å²) >= 11 is 5.77. The number of halogens is 1. The van der Waals surface area contributed by atoms with Crippen molar-refractivity contribution < 1.29 is 9.90 Å². The predicted octanol–water partition coefficient (Wildman–Crippen LogP) is 2.16. The smallest absolute Gasteiger partial charge is 0.242 e. The van der Waals surface area contributed by atoms with Crippen LogP contribution in [-0.4, -0.2) is 46.6 Å². The van der Waals surface area contributed by atoms with Gasteiger partial charge in [-0.05, 0) is 38.4 Å². The lowest BCUT2D eigenvalue weighted by Gasteiger charge is -2.41. The van der Waals surface area contributed by atoms with E-state index in [1.54, 1.807) is 12.1 Å². The van der Waals surface area contributed by atoms with E-state index < -0.39 is 0 Å². The average Bonchev–Trinajstić information content (AvgIpc) is 2.49. The number of nitrogens with one attached hydrogen (secondary N) is 1. The van der Waals surface area contributed by atoms with Crippen molar-refractivity contribution in [3.05, 3.63) is 23.4 Å². The van der Waals surface area contributed by atoms with E-state index in [0.29, 0.717) is 10.8 Å². The number of carbonyl (C=O) groups is 1. The summed E-state index contributed by atoms with van der Waals surface area (Å²) in [7, 11) is 0. The number of anilines is 1. The zero-order valence-corrected chi connectivity index (χ0v) is 13.2. The van der Waals surface area contributed by atoms with Crippen LogP contribution in [0.2, 0.25) is 5.02 Å². The Hall–Kier alpha value is -1.17. The molecule has 0 spiro atoms. The summed E-state index contributed by atoms with van der Waals surface area (Å²) in [5, 5.41) is 12.8. The first-order chi connectivity index (χ1) is 9.93. The second-order valence-corrected chi connectivity index (χ2v) is 6.51. The molecular formula is C15H22ClN3O2. The van der Waals surface area contributed by atoms with Gasteiger partial charge in [0.25, 0.3) is 0 Å². The van der Waals surface area contributed by atoms with Crippen LogP contribution in [0, 0.1) is 5.41 Å². The summed E-state index contributed by atoms with van der Waals surface area (Å²) in [4.78, 5) is 18.5. The number of carbonyl (C=O) groups excluding carboxylic acids is 1. The van der Waals surface area contributed by atoms with Gasteiger partial charge in [-0.1, -0.05) is 18.5 Å². The van der Waals surface area contributed by atoms with Crippen LogP contribution >= 0.6 is 11.6 Å². The molecule has 5 nitrogen and oxygen atoms in total. The highest BCUT2D eigenvalue weighted by molar-refractivity contribution is 6.30. The van der Waals surface area contributed by atoms with Gasteiger partial charge < -0.3 is 10.4 Å². The van der Waals surface area contributed by atoms with E-state index in [9.17, 15) is 9.90 Å². The van der Waals surface area contributed by atoms with E-state index in [1.165, 1.54) is 6.20 Å². The number of hydrogen-bond acceptors (Lipinski definition) is 4. The van der Waals surface area contributed by atoms with Gasteiger partial charge in [0.2, 0.25) is 5.91 Å². The van der Waals surface area contributed by atoms with E-state index in [0.717, 1.165) is 25.9 Å². The molecule has 0 aliphatic carbocycles. The molecule has 2 N–H and O–H groups in total. The Morgan fingerprint density at radius 2 is 2.38 bits per heavy atom. The number of rotatable bonds is 4. The molecular weight excluding hydrogens is 290 g/mol. The fraction of sp³-hybridized carbons (Fsp3) is 0.600. The van der Waals surface area contributed by atoms with Gasteiger partial charge in [0.05, 0.1) is 11.1 Å². The monoisotopic (exact) mass is 311 g/mol. The maximum Gasteiger partial charge on any atom is 0.242 e. The van der Waals surface area contributed by atoms with Crippen molar-refractivity contribution in [2.45, 2.75) is 32.7 Å². The molecule has 1 saturated heterocycles. The van der Waals surface area contributed by atoms with Crippen molar-refractivity contribution in [3.63, 3.8) is 0 Å².